The van der Waals surface area contributed by atoms with Gasteiger partial charge in [-0.15, -0.1) is 0 Å². The Bertz CT molecular complexity index is 2610. The summed E-state index contributed by atoms with van der Waals surface area (Å²) < 4.78 is 15.3. The van der Waals surface area contributed by atoms with E-state index in [0.717, 1.165) is 74.5 Å². The van der Waals surface area contributed by atoms with Crippen LogP contribution in [-0.4, -0.2) is 113 Å². The van der Waals surface area contributed by atoms with Crippen LogP contribution in [0, 0.1) is 11.8 Å². The summed E-state index contributed by atoms with van der Waals surface area (Å²) in [6.45, 7) is 10.5. The Hall–Kier alpha value is -5.94. The highest BCUT2D eigenvalue weighted by Gasteiger charge is 2.34. The molecule has 3 amide bonds. The number of fused-ring (bicyclic) bond motifs is 1. The molecule has 0 aliphatic carbocycles. The molecule has 0 saturated carbocycles. The van der Waals surface area contributed by atoms with Crippen molar-refractivity contribution in [3.05, 3.63) is 63.7 Å². The fourth-order valence-electron chi connectivity index (χ4n) is 9.32. The standard InChI is InChI=1S/C43H50ClN11O6/c1-24-20-54(11-10-26(24)21-52-12-14-53(15-13-52)32-7-5-6-29-37(50-51(4)39(29)32)30-8-9-35(56)48-41(30)58)43-46-19-31(44)40(49-43)47-28-16-27-17-34(61-23-36(57)45-3)42(59)55-25(2)22-60-33(18-28)38(27)55/h5-7,16-19,24-26,30H,8-15,20-23H2,1-4H3,(H,45,57)(H,46,47,49)(H,48,56,58). The van der Waals surface area contributed by atoms with Crippen LogP contribution in [0.25, 0.3) is 21.8 Å². The number of aryl methyl sites for hydroxylation is 1. The van der Waals surface area contributed by atoms with E-state index >= 15 is 0 Å². The van der Waals surface area contributed by atoms with Crippen LogP contribution in [0.4, 0.5) is 23.1 Å². The second-order valence-electron chi connectivity index (χ2n) is 16.7. The number of pyridine rings is 1. The molecule has 5 aromatic rings. The Labute approximate surface area is 357 Å². The van der Waals surface area contributed by atoms with E-state index in [9.17, 15) is 19.2 Å². The number of carbonyl (C=O) groups excluding carboxylic acids is 3. The molecule has 18 heteroatoms. The van der Waals surface area contributed by atoms with Gasteiger partial charge < -0.3 is 29.9 Å². The number of piperidine rings is 2. The van der Waals surface area contributed by atoms with E-state index in [0.29, 0.717) is 70.4 Å². The van der Waals surface area contributed by atoms with Crippen LogP contribution in [0.2, 0.25) is 5.02 Å². The molecule has 4 atom stereocenters. The molecule has 9 rings (SSSR count). The summed E-state index contributed by atoms with van der Waals surface area (Å²) >= 11 is 6.67. The highest BCUT2D eigenvalue weighted by Crippen LogP contribution is 2.39. The molecule has 61 heavy (non-hydrogen) atoms. The number of nitrogens with zero attached hydrogens (tertiary/aromatic N) is 8. The molecule has 4 aliphatic rings. The number of likely N-dealkylation sites (N-methyl/N-ethyl adjacent to an activating group) is 1. The van der Waals surface area contributed by atoms with Crippen molar-refractivity contribution in [3.8, 4) is 11.5 Å². The van der Waals surface area contributed by atoms with Crippen molar-refractivity contribution >= 4 is 74.3 Å². The van der Waals surface area contributed by atoms with E-state index in [1.807, 2.05) is 42.9 Å². The third-order valence-corrected chi connectivity index (χ3v) is 12.9. The van der Waals surface area contributed by atoms with Gasteiger partial charge in [-0.25, -0.2) is 4.98 Å². The summed E-state index contributed by atoms with van der Waals surface area (Å²) in [5.41, 5.74) is 3.86. The molecule has 4 unspecified atom stereocenters. The van der Waals surface area contributed by atoms with Gasteiger partial charge in [0.05, 0.1) is 40.6 Å². The maximum Gasteiger partial charge on any atom is 0.293 e. The zero-order valence-electron chi connectivity index (χ0n) is 34.7. The Kier molecular flexibility index (Phi) is 10.9. The van der Waals surface area contributed by atoms with Crippen LogP contribution < -0.4 is 40.8 Å². The minimum atomic E-state index is -0.433. The lowest BCUT2D eigenvalue weighted by Crippen LogP contribution is -2.50. The normalized spacial score (nSPS) is 22.0. The number of hydrogen-bond acceptors (Lipinski definition) is 13. The van der Waals surface area contributed by atoms with Gasteiger partial charge in [0, 0.05) is 88.9 Å². The van der Waals surface area contributed by atoms with Gasteiger partial charge in [-0.05, 0) is 49.8 Å². The van der Waals surface area contributed by atoms with E-state index < -0.39 is 5.92 Å². The molecule has 3 fully saturated rings. The topological polar surface area (TPSA) is 181 Å². The van der Waals surface area contributed by atoms with E-state index in [2.05, 4.69) is 48.6 Å². The monoisotopic (exact) mass is 851 g/mol. The van der Waals surface area contributed by atoms with Crippen LogP contribution in [0.5, 0.6) is 11.5 Å². The molecule has 2 aromatic carbocycles. The number of carbonyl (C=O) groups is 3. The fraction of sp³-hybridized carbons (Fsp3) is 0.465. The molecule has 0 spiro atoms. The summed E-state index contributed by atoms with van der Waals surface area (Å²) in [7, 11) is 3.44. The minimum absolute atomic E-state index is 0.0807. The van der Waals surface area contributed by atoms with Crippen LogP contribution in [-0.2, 0) is 21.4 Å². The first-order valence-corrected chi connectivity index (χ1v) is 21.3. The van der Waals surface area contributed by atoms with Crippen molar-refractivity contribution in [2.45, 2.75) is 45.1 Å². The third kappa shape index (κ3) is 7.80. The highest BCUT2D eigenvalue weighted by atomic mass is 35.5. The number of ether oxygens (including phenoxy) is 2. The summed E-state index contributed by atoms with van der Waals surface area (Å²) in [5, 5.41) is 15.2. The molecule has 3 aromatic heterocycles. The Morgan fingerprint density at radius 2 is 1.85 bits per heavy atom. The molecular formula is C43H50ClN11O6. The first-order chi connectivity index (χ1) is 29.4. The van der Waals surface area contributed by atoms with Crippen molar-refractivity contribution in [2.24, 2.45) is 18.9 Å². The quantitative estimate of drug-likeness (QED) is 0.172. The summed E-state index contributed by atoms with van der Waals surface area (Å²) in [6.07, 6.45) is 3.42. The van der Waals surface area contributed by atoms with E-state index in [1.165, 1.54) is 7.05 Å². The first kappa shape index (κ1) is 40.5. The molecule has 0 radical (unpaired) electrons. The third-order valence-electron chi connectivity index (χ3n) is 12.6. The van der Waals surface area contributed by atoms with Gasteiger partial charge in [0.15, 0.2) is 18.2 Å². The van der Waals surface area contributed by atoms with Crippen LogP contribution in [0.15, 0.2) is 47.4 Å². The molecule has 3 N–H and O–H groups in total. The average Bonchev–Trinajstić information content (AvgIpc) is 3.59. The molecular weight excluding hydrogens is 802 g/mol. The average molecular weight is 852 g/mol. The summed E-state index contributed by atoms with van der Waals surface area (Å²) in [6, 6.07) is 11.3. The van der Waals surface area contributed by atoms with Crippen LogP contribution in [0.3, 0.4) is 0 Å². The van der Waals surface area contributed by atoms with Gasteiger partial charge in [-0.1, -0.05) is 30.7 Å². The largest absolute Gasteiger partial charge is 0.489 e. The Balaban J connectivity index is 0.841. The number of nitrogens with one attached hydrogen (secondary N) is 3. The number of halogens is 1. The van der Waals surface area contributed by atoms with Gasteiger partial charge in [-0.2, -0.15) is 10.1 Å². The van der Waals surface area contributed by atoms with Crippen LogP contribution >= 0.6 is 11.6 Å². The van der Waals surface area contributed by atoms with Crippen molar-refractivity contribution in [1.82, 2.24) is 39.8 Å². The lowest BCUT2D eigenvalue weighted by atomic mass is 9.86. The number of para-hydroxylation sites is 1. The summed E-state index contributed by atoms with van der Waals surface area (Å²) in [4.78, 5) is 66.6. The fourth-order valence-corrected chi connectivity index (χ4v) is 9.46. The van der Waals surface area contributed by atoms with E-state index in [4.69, 9.17) is 31.2 Å². The number of piperazine rings is 1. The lowest BCUT2D eigenvalue weighted by molar-refractivity contribution is -0.134. The first-order valence-electron chi connectivity index (χ1n) is 21.0. The van der Waals surface area contributed by atoms with Crippen molar-refractivity contribution in [1.29, 1.82) is 0 Å². The number of imide groups is 1. The van der Waals surface area contributed by atoms with Gasteiger partial charge in [0.25, 0.3) is 11.5 Å². The molecule has 320 valence electrons. The Morgan fingerprint density at radius 3 is 2.62 bits per heavy atom. The number of aromatic nitrogens is 5. The van der Waals surface area contributed by atoms with Crippen molar-refractivity contribution in [2.75, 3.05) is 81.2 Å². The number of benzene rings is 2. The van der Waals surface area contributed by atoms with Crippen LogP contribution in [0.1, 0.15) is 50.8 Å². The van der Waals surface area contributed by atoms with Gasteiger partial charge in [0.1, 0.15) is 17.4 Å². The van der Waals surface area contributed by atoms with Gasteiger partial charge in [-0.3, -0.25) is 38.6 Å². The Morgan fingerprint density at radius 1 is 1.03 bits per heavy atom. The molecule has 0 bridgehead atoms. The number of rotatable bonds is 10. The smallest absolute Gasteiger partial charge is 0.293 e. The summed E-state index contributed by atoms with van der Waals surface area (Å²) in [5.74, 6) is 1.33. The SMILES string of the molecule is CNC(=O)COc1cc2cc(Nc3nc(N4CCC(CN5CCN(c6cccc7c(C8CCC(=O)NC8=O)nn(C)c67)CC5)C(C)C4)ncc3Cl)cc3c2n(c1=O)C(C)CO3. The highest BCUT2D eigenvalue weighted by molar-refractivity contribution is 6.33. The maximum absolute atomic E-state index is 13.4. The predicted molar refractivity (Wildman–Crippen MR) is 232 cm³/mol. The zero-order chi connectivity index (χ0) is 42.5. The zero-order valence-corrected chi connectivity index (χ0v) is 35.5. The maximum atomic E-state index is 13.4. The van der Waals surface area contributed by atoms with Crippen molar-refractivity contribution < 1.29 is 23.9 Å². The number of hydrogen-bond donors (Lipinski definition) is 3. The van der Waals surface area contributed by atoms with Gasteiger partial charge in [0.2, 0.25) is 17.8 Å². The van der Waals surface area contributed by atoms with E-state index in [-0.39, 0.29) is 41.7 Å². The second-order valence-corrected chi connectivity index (χ2v) is 17.1. The number of amides is 3. The molecule has 17 nitrogen and oxygen atoms in total. The van der Waals surface area contributed by atoms with Gasteiger partial charge >= 0.3 is 0 Å². The molecule has 4 aliphatic heterocycles. The number of anilines is 4. The van der Waals surface area contributed by atoms with E-state index in [1.54, 1.807) is 16.8 Å². The lowest BCUT2D eigenvalue weighted by Gasteiger charge is -2.42. The minimum Gasteiger partial charge on any atom is -0.489 e. The predicted octanol–water partition coefficient (Wildman–Crippen LogP) is 3.96. The molecule has 3 saturated heterocycles. The molecule has 7 heterocycles. The second kappa shape index (κ2) is 16.5. The van der Waals surface area contributed by atoms with Crippen molar-refractivity contribution in [3.63, 3.8) is 0 Å².